The second-order valence-electron chi connectivity index (χ2n) is 7.44. The van der Waals surface area contributed by atoms with Crippen molar-refractivity contribution in [2.75, 3.05) is 0 Å². The molecule has 0 radical (unpaired) electrons. The third-order valence-corrected chi connectivity index (χ3v) is 5.89. The molecule has 0 heterocycles. The van der Waals surface area contributed by atoms with E-state index in [1.807, 2.05) is 0 Å². The van der Waals surface area contributed by atoms with Gasteiger partial charge >= 0.3 is 0 Å². The maximum absolute atomic E-state index is 2.53. The maximum atomic E-state index is 2.53. The van der Waals surface area contributed by atoms with Crippen molar-refractivity contribution in [2.45, 2.75) is 79.1 Å². The normalized spacial score (nSPS) is 19.4. The second kappa shape index (κ2) is 9.79. The van der Waals surface area contributed by atoms with Gasteiger partial charge in [0.25, 0.3) is 0 Å². The highest BCUT2D eigenvalue weighted by molar-refractivity contribution is 14.1. The summed E-state index contributed by atoms with van der Waals surface area (Å²) in [5.74, 6) is 0.719. The van der Waals surface area contributed by atoms with Crippen LogP contribution in [-0.2, 0) is 0 Å². The fourth-order valence-corrected chi connectivity index (χ4v) is 4.25. The average molecular weight is 436 g/mol. The Balaban J connectivity index is 2.46. The first-order chi connectivity index (χ1) is 11.6. The summed E-state index contributed by atoms with van der Waals surface area (Å²) in [7, 11) is 0. The molecule has 0 fully saturated rings. The molecule has 0 saturated heterocycles. The summed E-state index contributed by atoms with van der Waals surface area (Å²) >= 11 is 2.48. The molecule has 0 aromatic rings. The number of rotatable bonds is 7. The van der Waals surface area contributed by atoms with Gasteiger partial charge in [0.05, 0.1) is 0 Å². The highest BCUT2D eigenvalue weighted by Gasteiger charge is 2.22. The minimum absolute atomic E-state index is 0.719. The van der Waals surface area contributed by atoms with Crippen LogP contribution in [0.4, 0.5) is 0 Å². The Hall–Kier alpha value is -0.570. The summed E-state index contributed by atoms with van der Waals surface area (Å²) in [6.45, 7) is 9.22. The molecular weight excluding hydrogens is 403 g/mol. The van der Waals surface area contributed by atoms with Crippen LogP contribution in [0.3, 0.4) is 0 Å². The molecule has 2 aliphatic carbocycles. The van der Waals surface area contributed by atoms with E-state index >= 15 is 0 Å². The highest BCUT2D eigenvalue weighted by Crippen LogP contribution is 2.41. The Kier molecular flexibility index (Phi) is 8.06. The van der Waals surface area contributed by atoms with E-state index in [4.69, 9.17) is 0 Å². The zero-order valence-electron chi connectivity index (χ0n) is 15.9. The number of hydrogen-bond acceptors (Lipinski definition) is 0. The number of hydrogen-bond donors (Lipinski definition) is 0. The Bertz CT molecular complexity index is 594. The molecule has 2 aliphatic rings. The summed E-state index contributed by atoms with van der Waals surface area (Å²) in [5.41, 5.74) is 8.06. The van der Waals surface area contributed by atoms with Crippen LogP contribution in [0.5, 0.6) is 0 Å². The molecule has 0 aliphatic heterocycles. The highest BCUT2D eigenvalue weighted by atomic mass is 127. The lowest BCUT2D eigenvalue weighted by atomic mass is 9.77. The van der Waals surface area contributed by atoms with Crippen molar-refractivity contribution >= 4 is 22.6 Å². The van der Waals surface area contributed by atoms with Gasteiger partial charge in [-0.05, 0) is 112 Å². The van der Waals surface area contributed by atoms with Crippen molar-refractivity contribution in [2.24, 2.45) is 5.92 Å². The standard InChI is InChI=1S/C23H33I/c1-5-7-9-18(6-2)23-20(16-17(3)4)10-8-11-22(23)19-12-14-21(24)15-13-19/h6,10,12,14,17H,5,7-9,11,13,15-16H2,1-4H3/b18-6-. The van der Waals surface area contributed by atoms with Gasteiger partial charge in [-0.2, -0.15) is 0 Å². The quantitative estimate of drug-likeness (QED) is 0.353. The van der Waals surface area contributed by atoms with Crippen LogP contribution in [0.2, 0.25) is 0 Å². The summed E-state index contributed by atoms with van der Waals surface area (Å²) < 4.78 is 1.49. The van der Waals surface area contributed by atoms with Gasteiger partial charge in [-0.15, -0.1) is 0 Å². The van der Waals surface area contributed by atoms with Crippen molar-refractivity contribution < 1.29 is 0 Å². The van der Waals surface area contributed by atoms with Gasteiger partial charge in [0.1, 0.15) is 0 Å². The van der Waals surface area contributed by atoms with Crippen molar-refractivity contribution in [1.82, 2.24) is 0 Å². The van der Waals surface area contributed by atoms with Gasteiger partial charge in [0, 0.05) is 0 Å². The van der Waals surface area contributed by atoms with E-state index in [2.05, 4.69) is 74.6 Å². The summed E-state index contributed by atoms with van der Waals surface area (Å²) in [4.78, 5) is 0. The van der Waals surface area contributed by atoms with Crippen molar-refractivity contribution in [3.63, 3.8) is 0 Å². The lowest BCUT2D eigenvalue weighted by molar-refractivity contribution is 0.637. The average Bonchev–Trinajstić information content (AvgIpc) is 2.56. The fourth-order valence-electron chi connectivity index (χ4n) is 3.80. The zero-order valence-corrected chi connectivity index (χ0v) is 18.1. The lowest BCUT2D eigenvalue weighted by Crippen LogP contribution is -2.09. The third kappa shape index (κ3) is 5.21. The maximum Gasteiger partial charge on any atom is -0.00907 e. The van der Waals surface area contributed by atoms with Gasteiger partial charge in [-0.3, -0.25) is 0 Å². The SMILES string of the molecule is C/C=C(/CCCC)C1=C(C2=CC=C(I)CC2)CCC=C1CC(C)C. The molecule has 0 atom stereocenters. The second-order valence-corrected chi connectivity index (χ2v) is 8.83. The first-order valence-electron chi connectivity index (χ1n) is 9.70. The van der Waals surface area contributed by atoms with E-state index in [-0.39, 0.29) is 0 Å². The van der Waals surface area contributed by atoms with Crippen LogP contribution in [0.25, 0.3) is 0 Å². The van der Waals surface area contributed by atoms with Gasteiger partial charge in [-0.1, -0.05) is 51.5 Å². The van der Waals surface area contributed by atoms with Gasteiger partial charge in [0.2, 0.25) is 0 Å². The van der Waals surface area contributed by atoms with Gasteiger partial charge < -0.3 is 0 Å². The van der Waals surface area contributed by atoms with E-state index in [9.17, 15) is 0 Å². The first kappa shape index (κ1) is 19.8. The molecule has 1 heteroatoms. The summed E-state index contributed by atoms with van der Waals surface area (Å²) in [6, 6.07) is 0. The molecule has 0 unspecified atom stereocenters. The fraction of sp³-hybridized carbons (Fsp3) is 0.565. The summed E-state index contributed by atoms with van der Waals surface area (Å²) in [6.07, 6.45) is 19.5. The van der Waals surface area contributed by atoms with E-state index in [1.54, 1.807) is 27.9 Å². The molecule has 0 saturated carbocycles. The molecule has 2 rings (SSSR count). The summed E-state index contributed by atoms with van der Waals surface area (Å²) in [5, 5.41) is 0. The first-order valence-corrected chi connectivity index (χ1v) is 10.8. The predicted molar refractivity (Wildman–Crippen MR) is 117 cm³/mol. The lowest BCUT2D eigenvalue weighted by Gasteiger charge is -2.28. The molecule has 0 aromatic carbocycles. The monoisotopic (exact) mass is 436 g/mol. The molecule has 132 valence electrons. The van der Waals surface area contributed by atoms with E-state index in [0.29, 0.717) is 0 Å². The van der Waals surface area contributed by atoms with Crippen LogP contribution >= 0.6 is 22.6 Å². The Labute approximate surface area is 163 Å². The van der Waals surface area contributed by atoms with Crippen molar-refractivity contribution in [3.05, 3.63) is 55.7 Å². The minimum Gasteiger partial charge on any atom is -0.0838 e. The van der Waals surface area contributed by atoms with Crippen LogP contribution in [0.1, 0.15) is 79.1 Å². The molecule has 0 aromatic heterocycles. The number of halogens is 1. The Morgan fingerprint density at radius 2 is 2.00 bits per heavy atom. The van der Waals surface area contributed by atoms with Crippen LogP contribution in [-0.4, -0.2) is 0 Å². The molecule has 0 N–H and O–H groups in total. The van der Waals surface area contributed by atoms with Crippen molar-refractivity contribution in [1.29, 1.82) is 0 Å². The van der Waals surface area contributed by atoms with Gasteiger partial charge in [-0.25, -0.2) is 0 Å². The third-order valence-electron chi connectivity index (χ3n) is 4.99. The number of allylic oxidation sites excluding steroid dienone is 10. The minimum atomic E-state index is 0.719. The van der Waals surface area contributed by atoms with Crippen LogP contribution in [0.15, 0.2) is 55.7 Å². The van der Waals surface area contributed by atoms with E-state index < -0.39 is 0 Å². The number of unbranched alkanes of at least 4 members (excludes halogenated alkanes) is 1. The largest absolute Gasteiger partial charge is 0.0838 e. The molecule has 24 heavy (non-hydrogen) atoms. The van der Waals surface area contributed by atoms with Crippen LogP contribution < -0.4 is 0 Å². The topological polar surface area (TPSA) is 0 Å². The van der Waals surface area contributed by atoms with Crippen molar-refractivity contribution in [3.8, 4) is 0 Å². The molecule has 0 nitrogen and oxygen atoms in total. The molecule has 0 spiro atoms. The van der Waals surface area contributed by atoms with E-state index in [0.717, 1.165) is 5.92 Å². The van der Waals surface area contributed by atoms with E-state index in [1.165, 1.54) is 54.9 Å². The zero-order chi connectivity index (χ0) is 17.5. The molecule has 0 bridgehead atoms. The van der Waals surface area contributed by atoms with Crippen LogP contribution in [0, 0.1) is 5.92 Å². The predicted octanol–water partition coefficient (Wildman–Crippen LogP) is 8.22. The Morgan fingerprint density at radius 3 is 2.58 bits per heavy atom. The molecular formula is C23H33I. The smallest absolute Gasteiger partial charge is 0.00907 e. The Morgan fingerprint density at radius 1 is 1.21 bits per heavy atom. The molecule has 0 amide bonds. The van der Waals surface area contributed by atoms with Gasteiger partial charge in [0.15, 0.2) is 0 Å².